The molecule has 0 spiro atoms. The van der Waals surface area contributed by atoms with E-state index in [1.165, 1.54) is 12.3 Å². The van der Waals surface area contributed by atoms with E-state index in [9.17, 15) is 9.59 Å². The van der Waals surface area contributed by atoms with Gasteiger partial charge in [-0.15, -0.1) is 0 Å². The number of amides is 1. The molecule has 3 N–H and O–H groups in total. The van der Waals surface area contributed by atoms with Crippen molar-refractivity contribution in [2.24, 2.45) is 5.73 Å². The molecular weight excluding hydrogens is 194 g/mol. The van der Waals surface area contributed by atoms with Crippen LogP contribution in [0.15, 0.2) is 23.1 Å². The predicted octanol–water partition coefficient (Wildman–Crippen LogP) is -0.452. The summed E-state index contributed by atoms with van der Waals surface area (Å²) in [5.74, 6) is -0.232. The standard InChI is InChI=1S/C10H13N3O2/c11-7-3-5-13(6-7)10(15)8-2-1-4-12-9(8)14/h1-2,4,7H,3,5-6,11H2,(H,12,14). The van der Waals surface area contributed by atoms with Crippen LogP contribution in [-0.4, -0.2) is 34.9 Å². The molecule has 5 heteroatoms. The SMILES string of the molecule is NC1CCN(C(=O)c2ccc[nH]c2=O)C1. The number of aromatic nitrogens is 1. The van der Waals surface area contributed by atoms with E-state index in [2.05, 4.69) is 4.98 Å². The highest BCUT2D eigenvalue weighted by Gasteiger charge is 2.25. The number of nitrogens with zero attached hydrogens (tertiary/aromatic N) is 1. The Morgan fingerprint density at radius 1 is 1.60 bits per heavy atom. The molecule has 2 heterocycles. The fourth-order valence-corrected chi connectivity index (χ4v) is 1.73. The fraction of sp³-hybridized carbons (Fsp3) is 0.400. The molecule has 1 unspecified atom stereocenters. The molecule has 5 nitrogen and oxygen atoms in total. The molecule has 1 fully saturated rings. The summed E-state index contributed by atoms with van der Waals surface area (Å²) in [6.45, 7) is 1.17. The molecule has 0 aliphatic carbocycles. The number of pyridine rings is 1. The van der Waals surface area contributed by atoms with E-state index in [0.717, 1.165) is 6.42 Å². The van der Waals surface area contributed by atoms with Crippen LogP contribution in [0.5, 0.6) is 0 Å². The van der Waals surface area contributed by atoms with Gasteiger partial charge in [-0.05, 0) is 18.6 Å². The second kappa shape index (κ2) is 3.86. The van der Waals surface area contributed by atoms with Gasteiger partial charge in [-0.1, -0.05) is 0 Å². The van der Waals surface area contributed by atoms with Gasteiger partial charge in [-0.3, -0.25) is 9.59 Å². The molecule has 0 bridgehead atoms. The third-order valence-corrected chi connectivity index (χ3v) is 2.56. The highest BCUT2D eigenvalue weighted by atomic mass is 16.2. The van der Waals surface area contributed by atoms with Crippen LogP contribution in [0.1, 0.15) is 16.8 Å². The zero-order valence-corrected chi connectivity index (χ0v) is 8.27. The first-order valence-corrected chi connectivity index (χ1v) is 4.91. The Balaban J connectivity index is 2.22. The number of carbonyl (C=O) groups is 1. The van der Waals surface area contributed by atoms with Crippen molar-refractivity contribution in [3.63, 3.8) is 0 Å². The van der Waals surface area contributed by atoms with E-state index in [4.69, 9.17) is 5.73 Å². The Labute approximate surface area is 86.9 Å². The fourth-order valence-electron chi connectivity index (χ4n) is 1.73. The minimum Gasteiger partial charge on any atom is -0.337 e. The van der Waals surface area contributed by atoms with Gasteiger partial charge in [0, 0.05) is 25.3 Å². The van der Waals surface area contributed by atoms with E-state index in [-0.39, 0.29) is 23.1 Å². The number of nitrogens with one attached hydrogen (secondary N) is 1. The van der Waals surface area contributed by atoms with Crippen LogP contribution in [0.3, 0.4) is 0 Å². The maximum absolute atomic E-state index is 11.9. The average Bonchev–Trinajstić information content (AvgIpc) is 2.65. The zero-order valence-electron chi connectivity index (χ0n) is 8.27. The predicted molar refractivity (Wildman–Crippen MR) is 55.6 cm³/mol. The smallest absolute Gasteiger partial charge is 0.260 e. The van der Waals surface area contributed by atoms with Crippen LogP contribution in [-0.2, 0) is 0 Å². The van der Waals surface area contributed by atoms with Crippen LogP contribution in [0, 0.1) is 0 Å². The summed E-state index contributed by atoms with van der Waals surface area (Å²) < 4.78 is 0. The molecule has 0 radical (unpaired) electrons. The Bertz CT molecular complexity index is 427. The molecule has 15 heavy (non-hydrogen) atoms. The minimum absolute atomic E-state index is 0.0387. The van der Waals surface area contributed by atoms with Crippen molar-refractivity contribution >= 4 is 5.91 Å². The Morgan fingerprint density at radius 3 is 3.00 bits per heavy atom. The maximum atomic E-state index is 11.9. The highest BCUT2D eigenvalue weighted by Crippen LogP contribution is 2.09. The molecule has 1 amide bonds. The lowest BCUT2D eigenvalue weighted by Gasteiger charge is -2.14. The quantitative estimate of drug-likeness (QED) is 0.654. The molecule has 1 aromatic heterocycles. The third-order valence-electron chi connectivity index (χ3n) is 2.56. The Morgan fingerprint density at radius 2 is 2.40 bits per heavy atom. The summed E-state index contributed by atoms with van der Waals surface area (Å²) in [6.07, 6.45) is 2.31. The number of H-pyrrole nitrogens is 1. The number of hydrogen-bond acceptors (Lipinski definition) is 3. The molecule has 2 rings (SSSR count). The summed E-state index contributed by atoms with van der Waals surface area (Å²) in [6, 6.07) is 3.21. The summed E-state index contributed by atoms with van der Waals surface area (Å²) >= 11 is 0. The molecular formula is C10H13N3O2. The van der Waals surface area contributed by atoms with Gasteiger partial charge in [0.2, 0.25) is 0 Å². The topological polar surface area (TPSA) is 79.2 Å². The van der Waals surface area contributed by atoms with Gasteiger partial charge in [-0.25, -0.2) is 0 Å². The van der Waals surface area contributed by atoms with Gasteiger partial charge in [0.15, 0.2) is 0 Å². The molecule has 1 saturated heterocycles. The van der Waals surface area contributed by atoms with Gasteiger partial charge < -0.3 is 15.6 Å². The molecule has 1 aliphatic rings. The first kappa shape index (κ1) is 9.92. The van der Waals surface area contributed by atoms with Crippen molar-refractivity contribution in [2.45, 2.75) is 12.5 Å². The zero-order chi connectivity index (χ0) is 10.8. The first-order chi connectivity index (χ1) is 7.18. The lowest BCUT2D eigenvalue weighted by atomic mass is 10.2. The van der Waals surface area contributed by atoms with Gasteiger partial charge in [0.05, 0.1) is 0 Å². The van der Waals surface area contributed by atoms with E-state index >= 15 is 0 Å². The number of carbonyl (C=O) groups excluding carboxylic acids is 1. The molecule has 1 aromatic rings. The van der Waals surface area contributed by atoms with Gasteiger partial charge in [0.1, 0.15) is 5.56 Å². The molecule has 0 saturated carbocycles. The number of rotatable bonds is 1. The molecule has 0 aromatic carbocycles. The van der Waals surface area contributed by atoms with E-state index < -0.39 is 0 Å². The average molecular weight is 207 g/mol. The largest absolute Gasteiger partial charge is 0.337 e. The lowest BCUT2D eigenvalue weighted by Crippen LogP contribution is -2.34. The number of likely N-dealkylation sites (tertiary alicyclic amines) is 1. The summed E-state index contributed by atoms with van der Waals surface area (Å²) in [4.78, 5) is 27.3. The second-order valence-corrected chi connectivity index (χ2v) is 3.71. The Hall–Kier alpha value is -1.62. The van der Waals surface area contributed by atoms with E-state index in [1.807, 2.05) is 0 Å². The van der Waals surface area contributed by atoms with Crippen molar-refractivity contribution < 1.29 is 4.79 Å². The van der Waals surface area contributed by atoms with Crippen molar-refractivity contribution in [3.05, 3.63) is 34.2 Å². The number of aromatic amines is 1. The summed E-state index contributed by atoms with van der Waals surface area (Å²) in [5, 5.41) is 0. The third kappa shape index (κ3) is 1.92. The molecule has 1 atom stereocenters. The summed E-state index contributed by atoms with van der Waals surface area (Å²) in [5.41, 5.74) is 5.54. The van der Waals surface area contributed by atoms with Crippen LogP contribution in [0.4, 0.5) is 0 Å². The molecule has 80 valence electrons. The van der Waals surface area contributed by atoms with Crippen molar-refractivity contribution in [2.75, 3.05) is 13.1 Å². The number of hydrogen-bond donors (Lipinski definition) is 2. The Kier molecular flexibility index (Phi) is 2.55. The van der Waals surface area contributed by atoms with Crippen molar-refractivity contribution in [1.29, 1.82) is 0 Å². The van der Waals surface area contributed by atoms with Crippen molar-refractivity contribution in [3.8, 4) is 0 Å². The van der Waals surface area contributed by atoms with Crippen molar-refractivity contribution in [1.82, 2.24) is 9.88 Å². The highest BCUT2D eigenvalue weighted by molar-refractivity contribution is 5.94. The monoisotopic (exact) mass is 207 g/mol. The van der Waals surface area contributed by atoms with E-state index in [0.29, 0.717) is 13.1 Å². The van der Waals surface area contributed by atoms with Gasteiger partial charge in [0.25, 0.3) is 11.5 Å². The first-order valence-electron chi connectivity index (χ1n) is 4.91. The van der Waals surface area contributed by atoms with Crippen LogP contribution in [0.2, 0.25) is 0 Å². The van der Waals surface area contributed by atoms with Crippen LogP contribution < -0.4 is 11.3 Å². The maximum Gasteiger partial charge on any atom is 0.260 e. The van der Waals surface area contributed by atoms with Crippen LogP contribution >= 0.6 is 0 Å². The van der Waals surface area contributed by atoms with Gasteiger partial charge in [-0.2, -0.15) is 0 Å². The normalized spacial score (nSPS) is 20.6. The minimum atomic E-state index is -0.344. The van der Waals surface area contributed by atoms with Gasteiger partial charge >= 0.3 is 0 Å². The lowest BCUT2D eigenvalue weighted by molar-refractivity contribution is 0.0789. The van der Waals surface area contributed by atoms with E-state index in [1.54, 1.807) is 11.0 Å². The van der Waals surface area contributed by atoms with Crippen LogP contribution in [0.25, 0.3) is 0 Å². The summed E-state index contributed by atoms with van der Waals surface area (Å²) in [7, 11) is 0. The second-order valence-electron chi connectivity index (χ2n) is 3.71. The number of nitrogens with two attached hydrogens (primary N) is 1. The molecule has 1 aliphatic heterocycles.